The van der Waals surface area contributed by atoms with Crippen molar-refractivity contribution in [2.24, 2.45) is 0 Å². The number of benzene rings is 1. The van der Waals surface area contributed by atoms with Crippen molar-refractivity contribution in [1.29, 1.82) is 0 Å². The molecule has 10 heteroatoms. The van der Waals surface area contributed by atoms with Crippen molar-refractivity contribution in [3.63, 3.8) is 0 Å². The summed E-state index contributed by atoms with van der Waals surface area (Å²) in [5.74, 6) is -1.55. The highest BCUT2D eigenvalue weighted by Crippen LogP contribution is 2.33. The van der Waals surface area contributed by atoms with Gasteiger partial charge in [-0.2, -0.15) is 0 Å². The van der Waals surface area contributed by atoms with Gasteiger partial charge in [0, 0.05) is 17.1 Å². The van der Waals surface area contributed by atoms with E-state index >= 15 is 0 Å². The van der Waals surface area contributed by atoms with Crippen molar-refractivity contribution >= 4 is 56.2 Å². The zero-order valence-electron chi connectivity index (χ0n) is 13.6. The van der Waals surface area contributed by atoms with Crippen LogP contribution in [0.25, 0.3) is 0 Å². The predicted octanol–water partition coefficient (Wildman–Crippen LogP) is 2.20. The van der Waals surface area contributed by atoms with E-state index in [1.165, 1.54) is 33.8 Å². The molecule has 7 nitrogen and oxygen atoms in total. The van der Waals surface area contributed by atoms with Gasteiger partial charge in [-0.1, -0.05) is 17.7 Å². The number of halogens is 1. The molecule has 1 aliphatic rings. The number of anilines is 2. The van der Waals surface area contributed by atoms with Crippen LogP contribution < -0.4 is 14.9 Å². The van der Waals surface area contributed by atoms with Gasteiger partial charge in [0.1, 0.15) is 0 Å². The van der Waals surface area contributed by atoms with Crippen LogP contribution in [-0.4, -0.2) is 32.5 Å². The Morgan fingerprint density at radius 2 is 2.04 bits per heavy atom. The molecule has 2 aromatic rings. The number of thiophene rings is 1. The summed E-state index contributed by atoms with van der Waals surface area (Å²) in [7, 11) is -3.40. The quantitative estimate of drug-likeness (QED) is 0.751. The maximum absolute atomic E-state index is 12.1. The fraction of sp³-hybridized carbons (Fsp3) is 0.250. The first-order chi connectivity index (χ1) is 12.4. The molecule has 2 N–H and O–H groups in total. The van der Waals surface area contributed by atoms with Crippen molar-refractivity contribution in [1.82, 2.24) is 5.32 Å². The number of hydrogen-bond donors (Lipinski definition) is 2. The molecule has 1 fully saturated rings. The summed E-state index contributed by atoms with van der Waals surface area (Å²) in [5, 5.41) is 7.13. The molecule has 26 heavy (non-hydrogen) atoms. The standard InChI is InChI=1S/C16H16ClN3O4S2/c17-13-5-4-11(9-14(13)20-6-2-8-26(20,23)24)19-16(22)15(21)18-10-12-3-1-7-25-12/h1,3-5,7,9H,2,6,8,10H2,(H,18,21)(H,19,22). The summed E-state index contributed by atoms with van der Waals surface area (Å²) >= 11 is 7.59. The molecule has 138 valence electrons. The number of rotatable bonds is 4. The van der Waals surface area contributed by atoms with Crippen LogP contribution in [0, 0.1) is 0 Å². The van der Waals surface area contributed by atoms with Gasteiger partial charge in [0.05, 0.1) is 23.0 Å². The minimum Gasteiger partial charge on any atom is -0.343 e. The van der Waals surface area contributed by atoms with Crippen molar-refractivity contribution < 1.29 is 18.0 Å². The van der Waals surface area contributed by atoms with E-state index in [1.54, 1.807) is 0 Å². The van der Waals surface area contributed by atoms with Gasteiger partial charge < -0.3 is 10.6 Å². The van der Waals surface area contributed by atoms with E-state index in [2.05, 4.69) is 10.6 Å². The second-order valence-electron chi connectivity index (χ2n) is 5.62. The van der Waals surface area contributed by atoms with Crippen LogP contribution in [0.2, 0.25) is 5.02 Å². The molecule has 0 radical (unpaired) electrons. The van der Waals surface area contributed by atoms with Gasteiger partial charge >= 0.3 is 11.8 Å². The maximum atomic E-state index is 12.1. The predicted molar refractivity (Wildman–Crippen MR) is 102 cm³/mol. The fourth-order valence-electron chi connectivity index (χ4n) is 2.54. The lowest BCUT2D eigenvalue weighted by Gasteiger charge is -2.19. The van der Waals surface area contributed by atoms with Gasteiger partial charge in [-0.05, 0) is 36.1 Å². The van der Waals surface area contributed by atoms with E-state index in [9.17, 15) is 18.0 Å². The van der Waals surface area contributed by atoms with Gasteiger partial charge in [-0.25, -0.2) is 8.42 Å². The number of nitrogens with one attached hydrogen (secondary N) is 2. The van der Waals surface area contributed by atoms with Gasteiger partial charge in [0.25, 0.3) is 0 Å². The third kappa shape index (κ3) is 4.17. The Balaban J connectivity index is 1.69. The molecule has 0 atom stereocenters. The molecule has 1 saturated heterocycles. The van der Waals surface area contributed by atoms with Gasteiger partial charge in [0.15, 0.2) is 0 Å². The van der Waals surface area contributed by atoms with Crippen molar-refractivity contribution in [3.8, 4) is 0 Å². The smallest absolute Gasteiger partial charge is 0.313 e. The minimum absolute atomic E-state index is 0.0606. The summed E-state index contributed by atoms with van der Waals surface area (Å²) in [4.78, 5) is 24.9. The number of carbonyl (C=O) groups is 2. The molecule has 1 aromatic heterocycles. The Hall–Kier alpha value is -2.10. The largest absolute Gasteiger partial charge is 0.343 e. The number of carbonyl (C=O) groups excluding carboxylic acids is 2. The lowest BCUT2D eigenvalue weighted by Crippen LogP contribution is -2.34. The Bertz CT molecular complexity index is 929. The Kier molecular flexibility index (Phi) is 5.49. The Labute approximate surface area is 160 Å². The third-order valence-electron chi connectivity index (χ3n) is 3.78. The zero-order chi connectivity index (χ0) is 18.7. The molecular weight excluding hydrogens is 398 g/mol. The number of sulfonamides is 1. The molecule has 0 unspecified atom stereocenters. The number of nitrogens with zero attached hydrogens (tertiary/aromatic N) is 1. The number of hydrogen-bond acceptors (Lipinski definition) is 5. The summed E-state index contributed by atoms with van der Waals surface area (Å²) < 4.78 is 25.4. The Morgan fingerprint density at radius 3 is 2.69 bits per heavy atom. The van der Waals surface area contributed by atoms with E-state index in [1.807, 2.05) is 17.5 Å². The first-order valence-electron chi connectivity index (χ1n) is 7.78. The first-order valence-corrected chi connectivity index (χ1v) is 10.6. The molecule has 2 heterocycles. The van der Waals surface area contributed by atoms with Crippen LogP contribution in [0.15, 0.2) is 35.7 Å². The van der Waals surface area contributed by atoms with E-state index < -0.39 is 21.8 Å². The molecule has 2 amide bonds. The maximum Gasteiger partial charge on any atom is 0.313 e. The second-order valence-corrected chi connectivity index (χ2v) is 9.08. The first kappa shape index (κ1) is 18.7. The average Bonchev–Trinajstić information content (AvgIpc) is 3.23. The van der Waals surface area contributed by atoms with E-state index in [4.69, 9.17) is 11.6 Å². The molecule has 0 bridgehead atoms. The molecule has 0 spiro atoms. The summed E-state index contributed by atoms with van der Waals surface area (Å²) in [6.07, 6.45) is 0.514. The van der Waals surface area contributed by atoms with Crippen LogP contribution in [-0.2, 0) is 26.2 Å². The van der Waals surface area contributed by atoms with Crippen LogP contribution >= 0.6 is 22.9 Å². The molecule has 0 saturated carbocycles. The normalized spacial score (nSPS) is 15.7. The fourth-order valence-corrected chi connectivity index (χ4v) is 5.03. The molecule has 3 rings (SSSR count). The second kappa shape index (κ2) is 7.65. The highest BCUT2D eigenvalue weighted by Gasteiger charge is 2.30. The summed E-state index contributed by atoms with van der Waals surface area (Å²) in [6.45, 7) is 0.600. The molecule has 1 aliphatic heterocycles. The highest BCUT2D eigenvalue weighted by molar-refractivity contribution is 7.93. The molecule has 0 aliphatic carbocycles. The van der Waals surface area contributed by atoms with Crippen LogP contribution in [0.3, 0.4) is 0 Å². The lowest BCUT2D eigenvalue weighted by atomic mass is 10.2. The lowest BCUT2D eigenvalue weighted by molar-refractivity contribution is -0.136. The van der Waals surface area contributed by atoms with Crippen LogP contribution in [0.4, 0.5) is 11.4 Å². The SMILES string of the molecule is O=C(NCc1cccs1)C(=O)Nc1ccc(Cl)c(N2CCCS2(=O)=O)c1. The summed E-state index contributed by atoms with van der Waals surface area (Å²) in [6, 6.07) is 8.16. The van der Waals surface area contributed by atoms with Crippen LogP contribution in [0.5, 0.6) is 0 Å². The third-order valence-corrected chi connectivity index (χ3v) is 6.83. The van der Waals surface area contributed by atoms with Crippen molar-refractivity contribution in [2.45, 2.75) is 13.0 Å². The zero-order valence-corrected chi connectivity index (χ0v) is 16.0. The highest BCUT2D eigenvalue weighted by atomic mass is 35.5. The van der Waals surface area contributed by atoms with Crippen LogP contribution in [0.1, 0.15) is 11.3 Å². The topological polar surface area (TPSA) is 95.6 Å². The van der Waals surface area contributed by atoms with E-state index in [0.717, 1.165) is 4.88 Å². The van der Waals surface area contributed by atoms with Gasteiger partial charge in [0.2, 0.25) is 10.0 Å². The average molecular weight is 414 g/mol. The number of amides is 2. The minimum atomic E-state index is -3.40. The van der Waals surface area contributed by atoms with Crippen molar-refractivity contribution in [3.05, 3.63) is 45.6 Å². The molecule has 1 aromatic carbocycles. The van der Waals surface area contributed by atoms with Gasteiger partial charge in [-0.3, -0.25) is 13.9 Å². The monoisotopic (exact) mass is 413 g/mol. The van der Waals surface area contributed by atoms with E-state index in [0.29, 0.717) is 24.3 Å². The van der Waals surface area contributed by atoms with Crippen molar-refractivity contribution in [2.75, 3.05) is 21.9 Å². The van der Waals surface area contributed by atoms with E-state index in [-0.39, 0.29) is 17.3 Å². The Morgan fingerprint density at radius 1 is 1.23 bits per heavy atom. The molecular formula is C16H16ClN3O4S2. The van der Waals surface area contributed by atoms with Gasteiger partial charge in [-0.15, -0.1) is 11.3 Å². The summed E-state index contributed by atoms with van der Waals surface area (Å²) in [5.41, 5.74) is 0.587.